The molecular formula is C42H57BrO2. The van der Waals surface area contributed by atoms with Gasteiger partial charge in [0, 0.05) is 5.33 Å². The lowest BCUT2D eigenvalue weighted by molar-refractivity contribution is 0.233. The summed E-state index contributed by atoms with van der Waals surface area (Å²) in [6.07, 6.45) is 12.4. The minimum absolute atomic E-state index is 0.321. The summed E-state index contributed by atoms with van der Waals surface area (Å²) in [7, 11) is 0. The highest BCUT2D eigenvalue weighted by Gasteiger charge is 2.07. The van der Waals surface area contributed by atoms with Crippen LogP contribution in [-0.2, 0) is 12.8 Å². The molecule has 0 heterocycles. The first-order valence-electron chi connectivity index (χ1n) is 17.1. The van der Waals surface area contributed by atoms with Crippen LogP contribution in [0.4, 0.5) is 0 Å². The van der Waals surface area contributed by atoms with Gasteiger partial charge < -0.3 is 9.84 Å². The van der Waals surface area contributed by atoms with E-state index in [0.717, 1.165) is 31.1 Å². The average molecular weight is 674 g/mol. The highest BCUT2D eigenvalue weighted by Crippen LogP contribution is 2.19. The van der Waals surface area contributed by atoms with E-state index in [1.54, 1.807) is 12.1 Å². The standard InChI is InChI=1S/C21H28O.C13H12O.C8H17Br/c1-3-5-9-18(4-2)17-22-21-14-12-20(13-15-21)16-19-10-7-6-8-11-19;14-13-8-6-12(7-9-13)10-11-4-2-1-3-5-11;1-3-5-6-8(4-2)7-9/h6-8,10-15,18H,3-5,9,16-17H2,1-2H3;1-9,14H,10H2;8H,3-7H2,1-2H3. The fraction of sp³-hybridized carbons (Fsp3) is 0.429. The van der Waals surface area contributed by atoms with Crippen LogP contribution in [-0.4, -0.2) is 17.0 Å². The summed E-state index contributed by atoms with van der Waals surface area (Å²) in [6.45, 7) is 9.86. The number of ether oxygens (including phenoxy) is 1. The number of rotatable bonds is 16. The maximum absolute atomic E-state index is 9.12. The third kappa shape index (κ3) is 17.3. The summed E-state index contributed by atoms with van der Waals surface area (Å²) in [4.78, 5) is 0. The Morgan fingerprint density at radius 1 is 0.556 bits per heavy atom. The molecule has 0 saturated heterocycles. The van der Waals surface area contributed by atoms with Gasteiger partial charge in [-0.05, 0) is 84.0 Å². The van der Waals surface area contributed by atoms with Gasteiger partial charge in [-0.1, -0.05) is 167 Å². The molecule has 0 bridgehead atoms. The first-order chi connectivity index (χ1) is 22.0. The van der Waals surface area contributed by atoms with Crippen LogP contribution in [0.3, 0.4) is 0 Å². The van der Waals surface area contributed by atoms with E-state index in [-0.39, 0.29) is 0 Å². The third-order valence-corrected chi connectivity index (χ3v) is 9.07. The normalized spacial score (nSPS) is 11.8. The molecule has 0 aliphatic rings. The number of phenols is 1. The number of hydrogen-bond donors (Lipinski definition) is 1. The summed E-state index contributed by atoms with van der Waals surface area (Å²) in [5, 5.41) is 10.3. The second kappa shape index (κ2) is 24.2. The Bertz CT molecular complexity index is 1220. The summed E-state index contributed by atoms with van der Waals surface area (Å²) in [6, 6.07) is 36.8. The molecule has 4 aromatic carbocycles. The second-order valence-corrected chi connectivity index (χ2v) is 12.6. The number of unbranched alkanes of at least 4 members (excludes halogenated alkanes) is 2. The number of hydrogen-bond acceptors (Lipinski definition) is 2. The van der Waals surface area contributed by atoms with E-state index in [1.807, 2.05) is 30.3 Å². The van der Waals surface area contributed by atoms with Gasteiger partial charge in [-0.2, -0.15) is 0 Å². The first kappa shape index (κ1) is 38.1. The number of phenolic OH excluding ortho intramolecular Hbond substituents is 1. The van der Waals surface area contributed by atoms with E-state index in [9.17, 15) is 0 Å². The Morgan fingerprint density at radius 3 is 1.40 bits per heavy atom. The van der Waals surface area contributed by atoms with Crippen molar-refractivity contribution in [2.45, 2.75) is 91.9 Å². The summed E-state index contributed by atoms with van der Waals surface area (Å²) in [5.41, 5.74) is 5.19. The van der Waals surface area contributed by atoms with Gasteiger partial charge in [0.1, 0.15) is 11.5 Å². The second-order valence-electron chi connectivity index (χ2n) is 11.9. The van der Waals surface area contributed by atoms with Crippen molar-refractivity contribution >= 4 is 15.9 Å². The van der Waals surface area contributed by atoms with E-state index in [1.165, 1.54) is 79.0 Å². The Morgan fingerprint density at radius 2 is 0.978 bits per heavy atom. The molecule has 4 rings (SSSR count). The van der Waals surface area contributed by atoms with Crippen molar-refractivity contribution in [3.63, 3.8) is 0 Å². The molecule has 2 nitrogen and oxygen atoms in total. The van der Waals surface area contributed by atoms with Gasteiger partial charge in [0.25, 0.3) is 0 Å². The fourth-order valence-corrected chi connectivity index (χ4v) is 5.76. The van der Waals surface area contributed by atoms with Gasteiger partial charge in [-0.25, -0.2) is 0 Å². The molecule has 0 amide bonds. The van der Waals surface area contributed by atoms with Gasteiger partial charge >= 0.3 is 0 Å². The molecule has 0 fully saturated rings. The van der Waals surface area contributed by atoms with Crippen LogP contribution in [0.1, 0.15) is 101 Å². The highest BCUT2D eigenvalue weighted by molar-refractivity contribution is 9.09. The average Bonchev–Trinajstić information content (AvgIpc) is 3.09. The molecule has 2 atom stereocenters. The Labute approximate surface area is 283 Å². The lowest BCUT2D eigenvalue weighted by atomic mass is 10.0. The lowest BCUT2D eigenvalue weighted by Crippen LogP contribution is -2.11. The SMILES string of the molecule is CCCCC(CC)CBr.CCCCC(CC)COc1ccc(Cc2ccccc2)cc1.Oc1ccc(Cc2ccccc2)cc1. The number of benzene rings is 4. The maximum atomic E-state index is 9.12. The molecule has 45 heavy (non-hydrogen) atoms. The van der Waals surface area contributed by atoms with E-state index < -0.39 is 0 Å². The van der Waals surface area contributed by atoms with Crippen LogP contribution in [0.2, 0.25) is 0 Å². The first-order valence-corrected chi connectivity index (χ1v) is 18.3. The summed E-state index contributed by atoms with van der Waals surface area (Å²) < 4.78 is 5.96. The molecule has 0 radical (unpaired) electrons. The Balaban J connectivity index is 0.000000262. The van der Waals surface area contributed by atoms with Gasteiger partial charge in [0.05, 0.1) is 6.61 Å². The summed E-state index contributed by atoms with van der Waals surface area (Å²) in [5.74, 6) is 2.92. The van der Waals surface area contributed by atoms with Crippen LogP contribution >= 0.6 is 15.9 Å². The topological polar surface area (TPSA) is 29.5 Å². The lowest BCUT2D eigenvalue weighted by Gasteiger charge is -2.15. The highest BCUT2D eigenvalue weighted by atomic mass is 79.9. The number of aromatic hydroxyl groups is 1. The van der Waals surface area contributed by atoms with Crippen molar-refractivity contribution < 1.29 is 9.84 Å². The third-order valence-electron chi connectivity index (χ3n) is 8.15. The van der Waals surface area contributed by atoms with Crippen molar-refractivity contribution in [1.29, 1.82) is 0 Å². The van der Waals surface area contributed by atoms with Crippen LogP contribution in [0.25, 0.3) is 0 Å². The Kier molecular flexibility index (Phi) is 20.5. The van der Waals surface area contributed by atoms with Crippen molar-refractivity contribution in [3.8, 4) is 11.5 Å². The molecule has 1 N–H and O–H groups in total. The predicted octanol–water partition coefficient (Wildman–Crippen LogP) is 12.5. The van der Waals surface area contributed by atoms with Crippen molar-refractivity contribution in [2.24, 2.45) is 11.8 Å². The Hall–Kier alpha value is -3.04. The molecule has 0 aliphatic carbocycles. The molecule has 0 spiro atoms. The number of halogens is 1. The summed E-state index contributed by atoms with van der Waals surface area (Å²) >= 11 is 3.51. The smallest absolute Gasteiger partial charge is 0.119 e. The van der Waals surface area contributed by atoms with Gasteiger partial charge in [-0.15, -0.1) is 0 Å². The fourth-order valence-electron chi connectivity index (χ4n) is 4.98. The van der Waals surface area contributed by atoms with Gasteiger partial charge in [0.2, 0.25) is 0 Å². The molecule has 244 valence electrons. The zero-order valence-electron chi connectivity index (χ0n) is 28.3. The zero-order valence-corrected chi connectivity index (χ0v) is 29.9. The molecule has 2 unspecified atom stereocenters. The molecule has 4 aromatic rings. The van der Waals surface area contributed by atoms with E-state index in [0.29, 0.717) is 11.7 Å². The van der Waals surface area contributed by atoms with E-state index in [4.69, 9.17) is 9.84 Å². The molecule has 3 heteroatoms. The van der Waals surface area contributed by atoms with Crippen LogP contribution < -0.4 is 4.74 Å². The molecule has 0 aliphatic heterocycles. The van der Waals surface area contributed by atoms with Crippen LogP contribution in [0.5, 0.6) is 11.5 Å². The van der Waals surface area contributed by atoms with Crippen LogP contribution in [0, 0.1) is 11.8 Å². The largest absolute Gasteiger partial charge is 0.508 e. The molecular weight excluding hydrogens is 616 g/mol. The maximum Gasteiger partial charge on any atom is 0.119 e. The van der Waals surface area contributed by atoms with Gasteiger partial charge in [-0.3, -0.25) is 0 Å². The van der Waals surface area contributed by atoms with Gasteiger partial charge in [0.15, 0.2) is 0 Å². The zero-order chi connectivity index (χ0) is 32.5. The minimum Gasteiger partial charge on any atom is -0.508 e. The van der Waals surface area contributed by atoms with E-state index >= 15 is 0 Å². The molecule has 0 saturated carbocycles. The molecule has 0 aromatic heterocycles. The van der Waals surface area contributed by atoms with Crippen LogP contribution in [0.15, 0.2) is 109 Å². The monoisotopic (exact) mass is 672 g/mol. The quantitative estimate of drug-likeness (QED) is 0.120. The number of alkyl halides is 1. The minimum atomic E-state index is 0.321. The predicted molar refractivity (Wildman–Crippen MR) is 199 cm³/mol. The van der Waals surface area contributed by atoms with Crippen molar-refractivity contribution in [3.05, 3.63) is 131 Å². The van der Waals surface area contributed by atoms with E-state index in [2.05, 4.69) is 110 Å². The van der Waals surface area contributed by atoms with Crippen molar-refractivity contribution in [2.75, 3.05) is 11.9 Å². The van der Waals surface area contributed by atoms with Crippen molar-refractivity contribution in [1.82, 2.24) is 0 Å².